The van der Waals surface area contributed by atoms with Crippen LogP contribution in [0, 0.1) is 0 Å². The number of allylic oxidation sites excluding steroid dienone is 1. The fraction of sp³-hybridized carbons (Fsp3) is 0.0909. The van der Waals surface area contributed by atoms with Gasteiger partial charge in [0.05, 0.1) is 0 Å². The summed E-state index contributed by atoms with van der Waals surface area (Å²) in [6.07, 6.45) is 0.511. The van der Waals surface area contributed by atoms with Gasteiger partial charge in [0.1, 0.15) is 0 Å². The van der Waals surface area contributed by atoms with Crippen molar-refractivity contribution in [2.24, 2.45) is 0 Å². The van der Waals surface area contributed by atoms with Crippen molar-refractivity contribution in [3.8, 4) is 0 Å². The van der Waals surface area contributed by atoms with E-state index in [-0.39, 0.29) is 5.76 Å². The molecule has 1 rings (SSSR count). The molecule has 0 aliphatic carbocycles. The first-order valence-electron chi connectivity index (χ1n) is 4.28. The van der Waals surface area contributed by atoms with Crippen LogP contribution < -0.4 is 0 Å². The van der Waals surface area contributed by atoms with E-state index in [2.05, 4.69) is 4.74 Å². The third kappa shape index (κ3) is 4.46. The number of aldehydes is 1. The molecule has 78 valence electrons. The summed E-state index contributed by atoms with van der Waals surface area (Å²) in [5.74, 6) is -0.474. The van der Waals surface area contributed by atoms with Gasteiger partial charge in [0.2, 0.25) is 0 Å². The van der Waals surface area contributed by atoms with Gasteiger partial charge in [0.25, 0.3) is 0 Å². The number of ether oxygens (including phenoxy) is 1. The number of hydrogen-bond donors (Lipinski definition) is 0. The topological polar surface area (TPSA) is 43.4 Å². The normalized spacial score (nSPS) is 10.9. The lowest BCUT2D eigenvalue weighted by molar-refractivity contribution is -0.138. The molecule has 1 aromatic carbocycles. The van der Waals surface area contributed by atoms with E-state index >= 15 is 0 Å². The Labute approximate surface area is 92.1 Å². The van der Waals surface area contributed by atoms with E-state index in [0.717, 1.165) is 4.90 Å². The van der Waals surface area contributed by atoms with E-state index in [9.17, 15) is 9.59 Å². The van der Waals surface area contributed by atoms with Gasteiger partial charge in [-0.2, -0.15) is 0 Å². The fourth-order valence-electron chi connectivity index (χ4n) is 0.867. The predicted molar refractivity (Wildman–Crippen MR) is 58.2 cm³/mol. The van der Waals surface area contributed by atoms with Crippen LogP contribution in [-0.4, -0.2) is 12.3 Å². The molecule has 0 aliphatic heterocycles. The van der Waals surface area contributed by atoms with E-state index in [4.69, 9.17) is 0 Å². The van der Waals surface area contributed by atoms with Gasteiger partial charge in [-0.25, -0.2) is 0 Å². The van der Waals surface area contributed by atoms with Crippen LogP contribution in [0.1, 0.15) is 6.92 Å². The number of thioether (sulfide) groups is 1. The molecule has 0 fully saturated rings. The molecule has 0 heterocycles. The van der Waals surface area contributed by atoms with E-state index in [0.29, 0.717) is 6.29 Å². The van der Waals surface area contributed by atoms with Gasteiger partial charge in [-0.15, -0.1) is 0 Å². The summed E-state index contributed by atoms with van der Waals surface area (Å²) in [5.41, 5.74) is 0. The highest BCUT2D eigenvalue weighted by atomic mass is 32.2. The Balaban J connectivity index is 2.62. The molecular weight excluding hydrogens is 212 g/mol. The van der Waals surface area contributed by atoms with Gasteiger partial charge in [0, 0.05) is 17.2 Å². The Bertz CT molecular complexity index is 371. The highest BCUT2D eigenvalue weighted by Gasteiger charge is 2.00. The van der Waals surface area contributed by atoms with Crippen LogP contribution in [0.4, 0.5) is 0 Å². The largest absolute Gasteiger partial charge is 0.423 e. The first-order valence-corrected chi connectivity index (χ1v) is 5.16. The molecule has 0 amide bonds. The highest BCUT2D eigenvalue weighted by molar-refractivity contribution is 8.02. The summed E-state index contributed by atoms with van der Waals surface area (Å²) in [5, 5.41) is 1.50. The molecule has 0 saturated heterocycles. The second-order valence-electron chi connectivity index (χ2n) is 2.66. The van der Waals surface area contributed by atoms with E-state index < -0.39 is 5.97 Å². The lowest BCUT2D eigenvalue weighted by Gasteiger charge is -1.99. The van der Waals surface area contributed by atoms with Crippen molar-refractivity contribution in [3.05, 3.63) is 41.5 Å². The Morgan fingerprint density at radius 2 is 2.00 bits per heavy atom. The molecule has 0 saturated carbocycles. The maximum absolute atomic E-state index is 10.6. The fourth-order valence-corrected chi connectivity index (χ4v) is 1.54. The quantitative estimate of drug-likeness (QED) is 0.258. The van der Waals surface area contributed by atoms with Crippen molar-refractivity contribution < 1.29 is 14.3 Å². The molecule has 0 bridgehead atoms. The number of benzene rings is 1. The van der Waals surface area contributed by atoms with Crippen molar-refractivity contribution >= 4 is 24.0 Å². The molecule has 0 radical (unpaired) electrons. The third-order valence-electron chi connectivity index (χ3n) is 1.43. The van der Waals surface area contributed by atoms with Crippen LogP contribution in [-0.2, 0) is 14.3 Å². The number of rotatable bonds is 4. The summed E-state index contributed by atoms with van der Waals surface area (Å²) < 4.78 is 4.65. The van der Waals surface area contributed by atoms with Crippen molar-refractivity contribution in [3.63, 3.8) is 0 Å². The van der Waals surface area contributed by atoms with E-state index in [1.165, 1.54) is 24.1 Å². The molecule has 15 heavy (non-hydrogen) atoms. The number of carbonyl (C=O) groups is 2. The number of hydrogen-bond acceptors (Lipinski definition) is 4. The van der Waals surface area contributed by atoms with Crippen molar-refractivity contribution in [1.82, 2.24) is 0 Å². The molecule has 4 heteroatoms. The maximum atomic E-state index is 10.6. The minimum absolute atomic E-state index is 0.0244. The first kappa shape index (κ1) is 11.5. The lowest BCUT2D eigenvalue weighted by Crippen LogP contribution is -1.98. The summed E-state index contributed by atoms with van der Waals surface area (Å²) in [6, 6.07) is 9.49. The van der Waals surface area contributed by atoms with Crippen LogP contribution >= 0.6 is 11.8 Å². The molecular formula is C11H10O3S. The molecule has 0 aliphatic rings. The van der Waals surface area contributed by atoms with Gasteiger partial charge in [-0.05, 0) is 12.1 Å². The average molecular weight is 222 g/mol. The van der Waals surface area contributed by atoms with Gasteiger partial charge < -0.3 is 4.74 Å². The molecule has 0 N–H and O–H groups in total. The Kier molecular flexibility index (Phi) is 4.63. The number of esters is 1. The molecule has 0 spiro atoms. The summed E-state index contributed by atoms with van der Waals surface area (Å²) in [6.45, 7) is 1.25. The van der Waals surface area contributed by atoms with Gasteiger partial charge >= 0.3 is 5.97 Å². The molecule has 3 nitrogen and oxygen atoms in total. The minimum atomic E-state index is -0.498. The second-order valence-corrected chi connectivity index (χ2v) is 3.61. The lowest BCUT2D eigenvalue weighted by atomic mass is 10.4. The Morgan fingerprint density at radius 3 is 2.53 bits per heavy atom. The van der Waals surface area contributed by atoms with Crippen LogP contribution in [0.2, 0.25) is 0 Å². The second kappa shape index (κ2) is 6.03. The summed E-state index contributed by atoms with van der Waals surface area (Å²) >= 11 is 1.32. The molecule has 1 aromatic rings. The predicted octanol–water partition coefficient (Wildman–Crippen LogP) is 2.38. The SMILES string of the molecule is CC(=O)O/C(C=O)=C/Sc1ccccc1. The van der Waals surface area contributed by atoms with Gasteiger partial charge in [-0.3, -0.25) is 9.59 Å². The van der Waals surface area contributed by atoms with Gasteiger partial charge in [-0.1, -0.05) is 30.0 Å². The smallest absolute Gasteiger partial charge is 0.308 e. The summed E-state index contributed by atoms with van der Waals surface area (Å²) in [7, 11) is 0. The minimum Gasteiger partial charge on any atom is -0.423 e. The molecule has 0 unspecified atom stereocenters. The highest BCUT2D eigenvalue weighted by Crippen LogP contribution is 2.19. The first-order chi connectivity index (χ1) is 7.22. The standard InChI is InChI=1S/C11H10O3S/c1-9(13)14-10(7-12)8-15-11-5-3-2-4-6-11/h2-8H,1H3/b10-8+. The summed E-state index contributed by atoms with van der Waals surface area (Å²) in [4.78, 5) is 22.1. The number of carbonyl (C=O) groups excluding carboxylic acids is 2. The zero-order valence-electron chi connectivity index (χ0n) is 8.17. The van der Waals surface area contributed by atoms with Crippen LogP contribution in [0.25, 0.3) is 0 Å². The van der Waals surface area contributed by atoms with Crippen molar-refractivity contribution in [2.75, 3.05) is 0 Å². The average Bonchev–Trinajstić information content (AvgIpc) is 2.25. The third-order valence-corrected chi connectivity index (χ3v) is 2.33. The molecule has 0 atom stereocenters. The van der Waals surface area contributed by atoms with Crippen LogP contribution in [0.3, 0.4) is 0 Å². The maximum Gasteiger partial charge on any atom is 0.308 e. The Morgan fingerprint density at radius 1 is 1.33 bits per heavy atom. The van der Waals surface area contributed by atoms with Crippen molar-refractivity contribution in [1.29, 1.82) is 0 Å². The van der Waals surface area contributed by atoms with Crippen LogP contribution in [0.5, 0.6) is 0 Å². The zero-order valence-corrected chi connectivity index (χ0v) is 8.99. The Hall–Kier alpha value is -1.55. The van der Waals surface area contributed by atoms with Crippen molar-refractivity contribution in [2.45, 2.75) is 11.8 Å². The van der Waals surface area contributed by atoms with E-state index in [1.807, 2.05) is 30.3 Å². The monoisotopic (exact) mass is 222 g/mol. The van der Waals surface area contributed by atoms with Crippen LogP contribution in [0.15, 0.2) is 46.4 Å². The van der Waals surface area contributed by atoms with E-state index in [1.54, 1.807) is 0 Å². The van der Waals surface area contributed by atoms with Gasteiger partial charge in [0.15, 0.2) is 12.0 Å². The zero-order chi connectivity index (χ0) is 11.1. The molecule has 0 aromatic heterocycles.